The van der Waals surface area contributed by atoms with E-state index in [1.54, 1.807) is 11.9 Å². The first-order valence-corrected chi connectivity index (χ1v) is 6.37. The van der Waals surface area contributed by atoms with Crippen LogP contribution in [0, 0.1) is 11.3 Å². The van der Waals surface area contributed by atoms with Crippen LogP contribution in [0.3, 0.4) is 0 Å². The van der Waals surface area contributed by atoms with Gasteiger partial charge in [-0.1, -0.05) is 38.1 Å². The van der Waals surface area contributed by atoms with Crippen molar-refractivity contribution in [1.82, 2.24) is 4.90 Å². The number of rotatable bonds is 6. The van der Waals surface area contributed by atoms with Crippen molar-refractivity contribution in [2.24, 2.45) is 0 Å². The third-order valence-electron chi connectivity index (χ3n) is 3.16. The summed E-state index contributed by atoms with van der Waals surface area (Å²) >= 11 is 0. The standard InChI is InChI=1S/C15H20N2O2/c1-11(2)12-4-6-13(7-5-12)14(10-16)17(3)9-8-15(18)19/h4-7,11,14H,8-9H2,1-3H3,(H,18,19). The van der Waals surface area contributed by atoms with Gasteiger partial charge in [0.2, 0.25) is 0 Å². The topological polar surface area (TPSA) is 64.3 Å². The molecule has 0 aliphatic carbocycles. The number of nitrogens with zero attached hydrogens (tertiary/aromatic N) is 2. The predicted molar refractivity (Wildman–Crippen MR) is 73.8 cm³/mol. The van der Waals surface area contributed by atoms with Gasteiger partial charge in [-0.15, -0.1) is 0 Å². The van der Waals surface area contributed by atoms with Crippen molar-refractivity contribution in [3.63, 3.8) is 0 Å². The molecule has 0 saturated carbocycles. The van der Waals surface area contributed by atoms with Gasteiger partial charge in [-0.25, -0.2) is 0 Å². The Hall–Kier alpha value is -1.86. The molecule has 0 saturated heterocycles. The van der Waals surface area contributed by atoms with Gasteiger partial charge in [0.1, 0.15) is 6.04 Å². The third kappa shape index (κ3) is 4.38. The van der Waals surface area contributed by atoms with Gasteiger partial charge >= 0.3 is 5.97 Å². The maximum atomic E-state index is 10.6. The molecule has 0 fully saturated rings. The van der Waals surface area contributed by atoms with Gasteiger partial charge < -0.3 is 5.11 Å². The maximum absolute atomic E-state index is 10.6. The number of hydrogen-bond acceptors (Lipinski definition) is 3. The Bertz CT molecular complexity index is 460. The quantitative estimate of drug-likeness (QED) is 0.854. The summed E-state index contributed by atoms with van der Waals surface area (Å²) in [6.07, 6.45) is 0.0404. The Labute approximate surface area is 114 Å². The smallest absolute Gasteiger partial charge is 0.304 e. The summed E-state index contributed by atoms with van der Waals surface area (Å²) in [4.78, 5) is 12.3. The molecule has 19 heavy (non-hydrogen) atoms. The van der Waals surface area contributed by atoms with Crippen molar-refractivity contribution in [3.8, 4) is 6.07 Å². The Morgan fingerprint density at radius 2 is 1.84 bits per heavy atom. The molecule has 0 aromatic heterocycles. The van der Waals surface area contributed by atoms with Crippen LogP contribution in [0.5, 0.6) is 0 Å². The lowest BCUT2D eigenvalue weighted by atomic mass is 9.99. The van der Waals surface area contributed by atoms with E-state index in [1.165, 1.54) is 5.56 Å². The van der Waals surface area contributed by atoms with E-state index in [1.807, 2.05) is 24.3 Å². The zero-order valence-electron chi connectivity index (χ0n) is 11.6. The lowest BCUT2D eigenvalue weighted by molar-refractivity contribution is -0.137. The van der Waals surface area contributed by atoms with E-state index in [0.717, 1.165) is 5.56 Å². The molecule has 4 heteroatoms. The molecule has 0 aliphatic heterocycles. The number of carbonyl (C=O) groups is 1. The van der Waals surface area contributed by atoms with E-state index in [2.05, 4.69) is 19.9 Å². The summed E-state index contributed by atoms with van der Waals surface area (Å²) in [7, 11) is 1.77. The maximum Gasteiger partial charge on any atom is 0.304 e. The molecule has 1 N–H and O–H groups in total. The van der Waals surface area contributed by atoms with Gasteiger partial charge in [-0.05, 0) is 24.1 Å². The predicted octanol–water partition coefficient (Wildman–Crippen LogP) is 2.78. The molecular formula is C15H20N2O2. The average molecular weight is 260 g/mol. The lowest BCUT2D eigenvalue weighted by Crippen LogP contribution is -2.26. The molecule has 1 aromatic rings. The van der Waals surface area contributed by atoms with Gasteiger partial charge in [0.05, 0.1) is 12.5 Å². The van der Waals surface area contributed by atoms with Crippen LogP contribution in [0.25, 0.3) is 0 Å². The molecule has 0 spiro atoms. The molecule has 0 bridgehead atoms. The van der Waals surface area contributed by atoms with Crippen LogP contribution < -0.4 is 0 Å². The molecule has 0 aliphatic rings. The van der Waals surface area contributed by atoms with Crippen LogP contribution in [-0.2, 0) is 4.79 Å². The van der Waals surface area contributed by atoms with Crippen LogP contribution >= 0.6 is 0 Å². The molecule has 1 unspecified atom stereocenters. The van der Waals surface area contributed by atoms with Crippen molar-refractivity contribution < 1.29 is 9.90 Å². The lowest BCUT2D eigenvalue weighted by Gasteiger charge is -2.22. The summed E-state index contributed by atoms with van der Waals surface area (Å²) < 4.78 is 0. The second-order valence-corrected chi connectivity index (χ2v) is 4.98. The molecular weight excluding hydrogens is 240 g/mol. The number of carboxylic acid groups (broad SMARTS) is 1. The first-order valence-electron chi connectivity index (χ1n) is 6.37. The van der Waals surface area contributed by atoms with Crippen LogP contribution in [0.2, 0.25) is 0 Å². The summed E-state index contributed by atoms with van der Waals surface area (Å²) in [5.41, 5.74) is 2.13. The van der Waals surface area contributed by atoms with Crippen LogP contribution in [0.15, 0.2) is 24.3 Å². The number of carboxylic acids is 1. The van der Waals surface area contributed by atoms with E-state index < -0.39 is 12.0 Å². The monoisotopic (exact) mass is 260 g/mol. The normalized spacial score (nSPS) is 12.4. The SMILES string of the molecule is CC(C)c1ccc(C(C#N)N(C)CCC(=O)O)cc1. The molecule has 0 heterocycles. The highest BCUT2D eigenvalue weighted by atomic mass is 16.4. The first kappa shape index (κ1) is 15.2. The highest BCUT2D eigenvalue weighted by Gasteiger charge is 2.17. The molecule has 1 aromatic carbocycles. The van der Waals surface area contributed by atoms with Crippen LogP contribution in [-0.4, -0.2) is 29.6 Å². The van der Waals surface area contributed by atoms with E-state index in [0.29, 0.717) is 12.5 Å². The second-order valence-electron chi connectivity index (χ2n) is 4.98. The van der Waals surface area contributed by atoms with Crippen molar-refractivity contribution in [3.05, 3.63) is 35.4 Å². The summed E-state index contributed by atoms with van der Waals surface area (Å²) in [6.45, 7) is 4.60. The van der Waals surface area contributed by atoms with Crippen molar-refractivity contribution in [2.75, 3.05) is 13.6 Å². The van der Waals surface area contributed by atoms with E-state index in [-0.39, 0.29) is 6.42 Å². The number of aliphatic carboxylic acids is 1. The number of hydrogen-bond donors (Lipinski definition) is 1. The minimum Gasteiger partial charge on any atom is -0.481 e. The fourth-order valence-corrected chi connectivity index (χ4v) is 1.89. The van der Waals surface area contributed by atoms with Crippen LogP contribution in [0.1, 0.15) is 43.4 Å². The van der Waals surface area contributed by atoms with E-state index >= 15 is 0 Å². The molecule has 1 atom stereocenters. The molecule has 102 valence electrons. The summed E-state index contributed by atoms with van der Waals surface area (Å²) in [6, 6.07) is 9.76. The Morgan fingerprint density at radius 1 is 1.32 bits per heavy atom. The Balaban J connectivity index is 2.79. The van der Waals surface area contributed by atoms with E-state index in [4.69, 9.17) is 5.11 Å². The zero-order valence-corrected chi connectivity index (χ0v) is 11.6. The van der Waals surface area contributed by atoms with Crippen molar-refractivity contribution in [1.29, 1.82) is 5.26 Å². The highest BCUT2D eigenvalue weighted by molar-refractivity contribution is 5.66. The highest BCUT2D eigenvalue weighted by Crippen LogP contribution is 2.22. The molecule has 1 rings (SSSR count). The molecule has 4 nitrogen and oxygen atoms in total. The number of nitriles is 1. The van der Waals surface area contributed by atoms with Gasteiger partial charge in [0.25, 0.3) is 0 Å². The van der Waals surface area contributed by atoms with Gasteiger partial charge in [0.15, 0.2) is 0 Å². The fraction of sp³-hybridized carbons (Fsp3) is 0.467. The largest absolute Gasteiger partial charge is 0.481 e. The average Bonchev–Trinajstić information content (AvgIpc) is 2.37. The summed E-state index contributed by atoms with van der Waals surface area (Å²) in [5.74, 6) is -0.391. The second kappa shape index (κ2) is 6.91. The first-order chi connectivity index (χ1) is 8.95. The third-order valence-corrected chi connectivity index (χ3v) is 3.16. The Morgan fingerprint density at radius 3 is 2.26 bits per heavy atom. The van der Waals surface area contributed by atoms with Crippen molar-refractivity contribution in [2.45, 2.75) is 32.2 Å². The van der Waals surface area contributed by atoms with Gasteiger partial charge in [-0.3, -0.25) is 9.69 Å². The summed E-state index contributed by atoms with van der Waals surface area (Å²) in [5, 5.41) is 17.9. The molecule has 0 amide bonds. The van der Waals surface area contributed by atoms with E-state index in [9.17, 15) is 10.1 Å². The van der Waals surface area contributed by atoms with Crippen LogP contribution in [0.4, 0.5) is 0 Å². The minimum absolute atomic E-state index is 0.0404. The fourth-order valence-electron chi connectivity index (χ4n) is 1.89. The number of benzene rings is 1. The van der Waals surface area contributed by atoms with Gasteiger partial charge in [-0.2, -0.15) is 5.26 Å². The molecule has 0 radical (unpaired) electrons. The minimum atomic E-state index is -0.848. The van der Waals surface area contributed by atoms with Crippen molar-refractivity contribution >= 4 is 5.97 Å². The Kier molecular flexibility index (Phi) is 5.53. The zero-order chi connectivity index (χ0) is 14.4. The van der Waals surface area contributed by atoms with Gasteiger partial charge in [0, 0.05) is 6.54 Å².